The molecule has 2 heterocycles. The number of rotatable bonds is 12. The molecule has 1 fully saturated rings. The molecule has 0 aliphatic carbocycles. The Hall–Kier alpha value is -3.97. The number of aliphatic hydroxyl groups excluding tert-OH is 1. The first-order valence-electron chi connectivity index (χ1n) is 12.8. The topological polar surface area (TPSA) is 184 Å². The number of nitrogens with one attached hydrogen (secondary N) is 2. The summed E-state index contributed by atoms with van der Waals surface area (Å²) in [7, 11) is 0. The predicted octanol–water partition coefficient (Wildman–Crippen LogP) is 1.01. The zero-order valence-corrected chi connectivity index (χ0v) is 22.5. The monoisotopic (exact) mass is 540 g/mol. The van der Waals surface area contributed by atoms with Crippen LogP contribution >= 0.6 is 0 Å². The second kappa shape index (κ2) is 14.3. The van der Waals surface area contributed by atoms with Crippen molar-refractivity contribution in [3.05, 3.63) is 47.3 Å². The number of amides is 3. The number of hydrogen-bond acceptors (Lipinski definition) is 10. The lowest BCUT2D eigenvalue weighted by Crippen LogP contribution is -2.54. The number of nitrogens with two attached hydrogens (primary N) is 1. The van der Waals surface area contributed by atoms with Crippen molar-refractivity contribution in [2.45, 2.75) is 45.8 Å². The van der Waals surface area contributed by atoms with Gasteiger partial charge >= 0.3 is 0 Å². The number of nitrogens with zero attached hydrogens (tertiary/aromatic N) is 5. The molecule has 2 aromatic rings. The number of carbonyl (C=O) groups is 3. The van der Waals surface area contributed by atoms with Crippen LogP contribution in [0.4, 0.5) is 11.6 Å². The number of morpholine rings is 1. The molecule has 0 radical (unpaired) electrons. The van der Waals surface area contributed by atoms with Crippen molar-refractivity contribution in [1.29, 1.82) is 0 Å². The van der Waals surface area contributed by atoms with Gasteiger partial charge in [-0.2, -0.15) is 5.11 Å². The minimum Gasteiger partial charge on any atom is -0.394 e. The van der Waals surface area contributed by atoms with Crippen LogP contribution in [0.2, 0.25) is 0 Å². The third-order valence-electron chi connectivity index (χ3n) is 5.92. The summed E-state index contributed by atoms with van der Waals surface area (Å²) in [4.78, 5) is 48.1. The average molecular weight is 541 g/mol. The van der Waals surface area contributed by atoms with Crippen molar-refractivity contribution < 1.29 is 24.2 Å². The molecule has 3 amide bonds. The van der Waals surface area contributed by atoms with Gasteiger partial charge in [0.1, 0.15) is 17.9 Å². The zero-order chi connectivity index (χ0) is 28.4. The number of primary amides is 1. The minimum absolute atomic E-state index is 0.0831. The third kappa shape index (κ3) is 9.07. The smallest absolute Gasteiger partial charge is 0.289 e. The number of aryl methyl sites for hydroxylation is 1. The van der Waals surface area contributed by atoms with Crippen molar-refractivity contribution >= 4 is 29.4 Å². The molecule has 5 N–H and O–H groups in total. The fraction of sp³-hybridized carbons (Fsp3) is 0.500. The summed E-state index contributed by atoms with van der Waals surface area (Å²) < 4.78 is 5.41. The summed E-state index contributed by atoms with van der Waals surface area (Å²) in [6.45, 7) is 7.47. The van der Waals surface area contributed by atoms with Crippen molar-refractivity contribution in [3.8, 4) is 0 Å². The highest BCUT2D eigenvalue weighted by molar-refractivity contribution is 5.96. The Kier molecular flexibility index (Phi) is 10.8. The minimum atomic E-state index is -1.35. The van der Waals surface area contributed by atoms with E-state index < -0.39 is 36.4 Å². The SMILES string of the molecule is Cc1cccc(CN=Nc2cc(N3CCOCC3)nc(C(=O)NC(CO)C(=O)NC(CC(C)C)C(N)=O)n2)c1. The molecule has 1 aromatic heterocycles. The molecule has 13 nitrogen and oxygen atoms in total. The molecule has 0 spiro atoms. The number of anilines is 1. The van der Waals surface area contributed by atoms with Crippen LogP contribution in [0.3, 0.4) is 0 Å². The van der Waals surface area contributed by atoms with Gasteiger partial charge in [-0.3, -0.25) is 14.4 Å². The number of benzene rings is 1. The van der Waals surface area contributed by atoms with E-state index in [0.717, 1.165) is 11.1 Å². The van der Waals surface area contributed by atoms with Crippen molar-refractivity contribution in [2.24, 2.45) is 21.9 Å². The lowest BCUT2D eigenvalue weighted by Gasteiger charge is -2.28. The molecule has 2 unspecified atom stereocenters. The van der Waals surface area contributed by atoms with Crippen molar-refractivity contribution in [3.63, 3.8) is 0 Å². The van der Waals surface area contributed by atoms with E-state index in [-0.39, 0.29) is 17.6 Å². The maximum Gasteiger partial charge on any atom is 0.289 e. The van der Waals surface area contributed by atoms with Crippen LogP contribution in [0.15, 0.2) is 40.6 Å². The van der Waals surface area contributed by atoms with E-state index in [0.29, 0.717) is 45.1 Å². The van der Waals surface area contributed by atoms with Gasteiger partial charge in [0.15, 0.2) is 5.82 Å². The van der Waals surface area contributed by atoms with E-state index in [4.69, 9.17) is 10.5 Å². The standard InChI is InChI=1S/C26H36N8O5/c1-16(2)11-19(23(27)36)29-25(37)20(15-35)30-26(38)24-31-21(13-22(32-24)34-7-9-39-10-8-34)33-28-14-18-6-4-5-17(3)12-18/h4-6,12-13,16,19-20,35H,7-11,14-15H2,1-3H3,(H2,27,36)(H,29,37)(H,30,38). The summed E-state index contributed by atoms with van der Waals surface area (Å²) in [6, 6.07) is 7.20. The van der Waals surface area contributed by atoms with Crippen LogP contribution in [0.25, 0.3) is 0 Å². The van der Waals surface area contributed by atoms with Crippen LogP contribution < -0.4 is 21.3 Å². The van der Waals surface area contributed by atoms with Gasteiger partial charge in [0.2, 0.25) is 17.6 Å². The molecular formula is C26H36N8O5. The lowest BCUT2D eigenvalue weighted by atomic mass is 10.0. The molecule has 3 rings (SSSR count). The van der Waals surface area contributed by atoms with Gasteiger partial charge < -0.3 is 31.1 Å². The second-order valence-electron chi connectivity index (χ2n) is 9.70. The Morgan fingerprint density at radius 3 is 2.51 bits per heavy atom. The summed E-state index contributed by atoms with van der Waals surface area (Å²) in [5, 5.41) is 23.2. The van der Waals surface area contributed by atoms with Gasteiger partial charge in [-0.1, -0.05) is 43.7 Å². The normalized spacial score (nSPS) is 15.3. The molecule has 1 aliphatic rings. The van der Waals surface area contributed by atoms with Crippen LogP contribution in [0.5, 0.6) is 0 Å². The first kappa shape index (κ1) is 29.6. The Labute approximate surface area is 227 Å². The van der Waals surface area contributed by atoms with Crippen LogP contribution in [-0.2, 0) is 20.9 Å². The van der Waals surface area contributed by atoms with Crippen LogP contribution in [0.1, 0.15) is 42.0 Å². The Balaban J connectivity index is 1.79. The summed E-state index contributed by atoms with van der Waals surface area (Å²) in [5.74, 6) is -1.80. The fourth-order valence-electron chi connectivity index (χ4n) is 3.94. The lowest BCUT2D eigenvalue weighted by molar-refractivity contribution is -0.129. The second-order valence-corrected chi connectivity index (χ2v) is 9.70. The fourth-order valence-corrected chi connectivity index (χ4v) is 3.94. The summed E-state index contributed by atoms with van der Waals surface area (Å²) in [6.07, 6.45) is 0.314. The van der Waals surface area contributed by atoms with Crippen LogP contribution in [-0.4, -0.2) is 77.8 Å². The molecule has 1 saturated heterocycles. The molecule has 0 bridgehead atoms. The van der Waals surface area contributed by atoms with Gasteiger partial charge in [0.05, 0.1) is 26.4 Å². The van der Waals surface area contributed by atoms with E-state index in [1.807, 2.05) is 49.9 Å². The molecule has 13 heteroatoms. The number of azo groups is 1. The van der Waals surface area contributed by atoms with E-state index in [1.54, 1.807) is 6.07 Å². The highest BCUT2D eigenvalue weighted by atomic mass is 16.5. The van der Waals surface area contributed by atoms with Gasteiger partial charge in [-0.05, 0) is 24.8 Å². The molecule has 1 aliphatic heterocycles. The summed E-state index contributed by atoms with van der Waals surface area (Å²) >= 11 is 0. The third-order valence-corrected chi connectivity index (χ3v) is 5.92. The molecule has 39 heavy (non-hydrogen) atoms. The Bertz CT molecular complexity index is 1180. The van der Waals surface area contributed by atoms with Crippen LogP contribution in [0, 0.1) is 12.8 Å². The maximum absolute atomic E-state index is 13.1. The van der Waals surface area contributed by atoms with Gasteiger partial charge in [0.25, 0.3) is 5.91 Å². The Morgan fingerprint density at radius 2 is 1.87 bits per heavy atom. The molecule has 2 atom stereocenters. The largest absolute Gasteiger partial charge is 0.394 e. The van der Waals surface area contributed by atoms with E-state index in [9.17, 15) is 19.5 Å². The van der Waals surface area contributed by atoms with E-state index in [2.05, 4.69) is 30.8 Å². The number of hydrogen-bond donors (Lipinski definition) is 4. The van der Waals surface area contributed by atoms with E-state index in [1.165, 1.54) is 0 Å². The number of ether oxygens (including phenoxy) is 1. The van der Waals surface area contributed by atoms with Gasteiger partial charge in [-0.15, -0.1) is 5.11 Å². The van der Waals surface area contributed by atoms with Gasteiger partial charge in [-0.25, -0.2) is 9.97 Å². The predicted molar refractivity (Wildman–Crippen MR) is 143 cm³/mol. The number of carbonyl (C=O) groups excluding carboxylic acids is 3. The van der Waals surface area contributed by atoms with Crippen molar-refractivity contribution in [1.82, 2.24) is 20.6 Å². The highest BCUT2D eigenvalue weighted by Gasteiger charge is 2.27. The quantitative estimate of drug-likeness (QED) is 0.287. The molecule has 1 aromatic carbocycles. The van der Waals surface area contributed by atoms with E-state index >= 15 is 0 Å². The molecular weight excluding hydrogens is 504 g/mol. The average Bonchev–Trinajstić information content (AvgIpc) is 2.91. The molecule has 210 valence electrons. The first-order chi connectivity index (χ1) is 18.7. The highest BCUT2D eigenvalue weighted by Crippen LogP contribution is 2.20. The Morgan fingerprint density at radius 1 is 1.13 bits per heavy atom. The van der Waals surface area contributed by atoms with Crippen molar-refractivity contribution in [2.75, 3.05) is 37.8 Å². The summed E-state index contributed by atoms with van der Waals surface area (Å²) in [5.41, 5.74) is 7.48. The molecule has 0 saturated carbocycles. The first-order valence-corrected chi connectivity index (χ1v) is 12.8. The zero-order valence-electron chi connectivity index (χ0n) is 22.5. The maximum atomic E-state index is 13.1. The van der Waals surface area contributed by atoms with Gasteiger partial charge in [0, 0.05) is 19.2 Å². The number of aliphatic hydroxyl groups is 1. The number of aromatic nitrogens is 2.